The van der Waals surface area contributed by atoms with Crippen LogP contribution >= 0.6 is 11.3 Å². The number of nitrogens with one attached hydrogen (secondary N) is 1. The topological polar surface area (TPSA) is 69.2 Å². The first-order valence-electron chi connectivity index (χ1n) is 11.2. The van der Waals surface area contributed by atoms with Gasteiger partial charge in [-0.3, -0.25) is 0 Å². The van der Waals surface area contributed by atoms with E-state index in [0.717, 1.165) is 33.0 Å². The van der Waals surface area contributed by atoms with Crippen molar-refractivity contribution in [2.24, 2.45) is 0 Å². The second-order valence-electron chi connectivity index (χ2n) is 7.97. The number of halogens is 1. The van der Waals surface area contributed by atoms with Gasteiger partial charge in [-0.2, -0.15) is 0 Å². The molecular formula is C28H23FN4O2S. The Balaban J connectivity index is 1.22. The van der Waals surface area contributed by atoms with Gasteiger partial charge < -0.3 is 14.8 Å². The number of thiazole rings is 1. The molecule has 0 aliphatic rings. The molecule has 0 radical (unpaired) electrons. The zero-order valence-electron chi connectivity index (χ0n) is 19.7. The highest BCUT2D eigenvalue weighted by atomic mass is 32.1. The summed E-state index contributed by atoms with van der Waals surface area (Å²) in [6.45, 7) is 0.611. The molecule has 1 N–H and O–H groups in total. The van der Waals surface area contributed by atoms with Crippen LogP contribution in [0.15, 0.2) is 84.2 Å². The SMILES string of the molecule is COc1ccc(-c2csc(-c3ccc(CNc4ccc(-c5ccc(F)cc5)nn4)cc3)n2)cc1OC. The third-order valence-electron chi connectivity index (χ3n) is 5.66. The molecule has 0 aliphatic carbocycles. The lowest BCUT2D eigenvalue weighted by molar-refractivity contribution is 0.355. The third-order valence-corrected chi connectivity index (χ3v) is 6.55. The number of rotatable bonds is 8. The number of benzene rings is 3. The highest BCUT2D eigenvalue weighted by molar-refractivity contribution is 7.13. The molecule has 6 nitrogen and oxygen atoms in total. The molecule has 0 spiro atoms. The van der Waals surface area contributed by atoms with Crippen LogP contribution in [-0.2, 0) is 6.54 Å². The summed E-state index contributed by atoms with van der Waals surface area (Å²) in [4.78, 5) is 4.81. The first kappa shape index (κ1) is 23.4. The maximum Gasteiger partial charge on any atom is 0.161 e. The fourth-order valence-corrected chi connectivity index (χ4v) is 4.53. The van der Waals surface area contributed by atoms with Crippen LogP contribution in [0, 0.1) is 5.82 Å². The minimum absolute atomic E-state index is 0.274. The van der Waals surface area contributed by atoms with Gasteiger partial charge in [-0.05, 0) is 60.2 Å². The molecule has 3 aromatic carbocycles. The lowest BCUT2D eigenvalue weighted by Gasteiger charge is -2.08. The monoisotopic (exact) mass is 498 g/mol. The second-order valence-corrected chi connectivity index (χ2v) is 8.83. The van der Waals surface area contributed by atoms with Crippen LogP contribution < -0.4 is 14.8 Å². The van der Waals surface area contributed by atoms with E-state index in [2.05, 4.69) is 39.8 Å². The van der Waals surface area contributed by atoms with Gasteiger partial charge in [0.1, 0.15) is 16.6 Å². The first-order chi connectivity index (χ1) is 17.6. The molecule has 0 saturated heterocycles. The molecule has 5 aromatic rings. The van der Waals surface area contributed by atoms with Crippen LogP contribution in [0.25, 0.3) is 33.1 Å². The summed E-state index contributed by atoms with van der Waals surface area (Å²) in [5.74, 6) is 1.76. The van der Waals surface area contributed by atoms with Crippen LogP contribution in [0.1, 0.15) is 5.56 Å². The molecule has 0 saturated carbocycles. The van der Waals surface area contributed by atoms with E-state index in [1.54, 1.807) is 37.7 Å². The van der Waals surface area contributed by atoms with Crippen molar-refractivity contribution in [3.8, 4) is 44.6 Å². The Bertz CT molecular complexity index is 1450. The number of methoxy groups -OCH3 is 2. The van der Waals surface area contributed by atoms with Crippen LogP contribution in [0.4, 0.5) is 10.2 Å². The van der Waals surface area contributed by atoms with Crippen LogP contribution in [0.2, 0.25) is 0 Å². The standard InChI is InChI=1S/C28H23FN4O2S/c1-34-25-13-9-21(15-26(25)35-2)24-17-36-28(31-24)20-5-3-18(4-6-20)16-30-27-14-12-23(32-33-27)19-7-10-22(29)11-8-19/h3-15,17H,16H2,1-2H3,(H,30,33). The van der Waals surface area contributed by atoms with E-state index in [9.17, 15) is 4.39 Å². The van der Waals surface area contributed by atoms with E-state index in [1.807, 2.05) is 35.7 Å². The van der Waals surface area contributed by atoms with Gasteiger partial charge in [0.05, 0.1) is 25.6 Å². The molecule has 0 fully saturated rings. The Kier molecular flexibility index (Phi) is 6.86. The minimum Gasteiger partial charge on any atom is -0.493 e. The van der Waals surface area contributed by atoms with Crippen molar-refractivity contribution in [3.05, 3.63) is 95.6 Å². The van der Waals surface area contributed by atoms with Gasteiger partial charge in [0.25, 0.3) is 0 Å². The number of ether oxygens (including phenoxy) is 2. The number of hydrogen-bond acceptors (Lipinski definition) is 7. The largest absolute Gasteiger partial charge is 0.493 e. The quantitative estimate of drug-likeness (QED) is 0.257. The highest BCUT2D eigenvalue weighted by Crippen LogP contribution is 2.34. The summed E-state index contributed by atoms with van der Waals surface area (Å²) >= 11 is 1.60. The van der Waals surface area contributed by atoms with E-state index in [1.165, 1.54) is 12.1 Å². The summed E-state index contributed by atoms with van der Waals surface area (Å²) in [6, 6.07) is 24.0. The average molecular weight is 499 g/mol. The zero-order valence-corrected chi connectivity index (χ0v) is 20.6. The smallest absolute Gasteiger partial charge is 0.161 e. The minimum atomic E-state index is -0.274. The van der Waals surface area contributed by atoms with Gasteiger partial charge in [-0.25, -0.2) is 9.37 Å². The van der Waals surface area contributed by atoms with E-state index in [0.29, 0.717) is 29.6 Å². The summed E-state index contributed by atoms with van der Waals surface area (Å²) in [6.07, 6.45) is 0. The molecule has 36 heavy (non-hydrogen) atoms. The third kappa shape index (κ3) is 5.18. The second kappa shape index (κ2) is 10.5. The fraction of sp³-hybridized carbons (Fsp3) is 0.107. The van der Waals surface area contributed by atoms with E-state index >= 15 is 0 Å². The average Bonchev–Trinajstić information content (AvgIpc) is 3.43. The lowest BCUT2D eigenvalue weighted by Crippen LogP contribution is -2.02. The molecule has 2 heterocycles. The Morgan fingerprint density at radius 2 is 1.47 bits per heavy atom. The Labute approximate surface area is 212 Å². The molecule has 0 atom stereocenters. The zero-order chi connectivity index (χ0) is 24.9. The van der Waals surface area contributed by atoms with Crippen molar-refractivity contribution in [1.82, 2.24) is 15.2 Å². The molecule has 0 bridgehead atoms. The number of nitrogens with zero attached hydrogens (tertiary/aromatic N) is 3. The van der Waals surface area contributed by atoms with Crippen molar-refractivity contribution >= 4 is 17.2 Å². The van der Waals surface area contributed by atoms with Gasteiger partial charge in [0, 0.05) is 28.6 Å². The van der Waals surface area contributed by atoms with Gasteiger partial charge in [0.2, 0.25) is 0 Å². The molecule has 8 heteroatoms. The summed E-state index contributed by atoms with van der Waals surface area (Å²) in [7, 11) is 3.25. The van der Waals surface area contributed by atoms with Crippen molar-refractivity contribution < 1.29 is 13.9 Å². The summed E-state index contributed by atoms with van der Waals surface area (Å²) < 4.78 is 23.8. The molecule has 2 aromatic heterocycles. The molecule has 0 aliphatic heterocycles. The van der Waals surface area contributed by atoms with Crippen LogP contribution in [-0.4, -0.2) is 29.4 Å². The van der Waals surface area contributed by atoms with Crippen molar-refractivity contribution in [1.29, 1.82) is 0 Å². The predicted molar refractivity (Wildman–Crippen MR) is 141 cm³/mol. The molecule has 5 rings (SSSR count). The number of hydrogen-bond donors (Lipinski definition) is 1. The van der Waals surface area contributed by atoms with Gasteiger partial charge in [-0.1, -0.05) is 24.3 Å². The molecular weight excluding hydrogens is 475 g/mol. The predicted octanol–water partition coefficient (Wildman–Crippen LogP) is 6.70. The van der Waals surface area contributed by atoms with Crippen LogP contribution in [0.5, 0.6) is 11.5 Å². The van der Waals surface area contributed by atoms with Crippen LogP contribution in [0.3, 0.4) is 0 Å². The molecule has 0 unspecified atom stereocenters. The van der Waals surface area contributed by atoms with Gasteiger partial charge >= 0.3 is 0 Å². The summed E-state index contributed by atoms with van der Waals surface area (Å²) in [5, 5.41) is 14.7. The highest BCUT2D eigenvalue weighted by Gasteiger charge is 2.11. The first-order valence-corrected chi connectivity index (χ1v) is 12.1. The Hall–Kier alpha value is -4.30. The Morgan fingerprint density at radius 3 is 2.17 bits per heavy atom. The number of aromatic nitrogens is 3. The normalized spacial score (nSPS) is 10.8. The van der Waals surface area contributed by atoms with Crippen molar-refractivity contribution in [2.45, 2.75) is 6.54 Å². The number of anilines is 1. The lowest BCUT2D eigenvalue weighted by atomic mass is 10.1. The van der Waals surface area contributed by atoms with E-state index < -0.39 is 0 Å². The molecule has 180 valence electrons. The van der Waals surface area contributed by atoms with Crippen molar-refractivity contribution in [2.75, 3.05) is 19.5 Å². The van der Waals surface area contributed by atoms with Crippen molar-refractivity contribution in [3.63, 3.8) is 0 Å². The van der Waals surface area contributed by atoms with Gasteiger partial charge in [0.15, 0.2) is 11.5 Å². The Morgan fingerprint density at radius 1 is 0.750 bits per heavy atom. The maximum absolute atomic E-state index is 13.1. The van der Waals surface area contributed by atoms with Gasteiger partial charge in [-0.15, -0.1) is 21.5 Å². The maximum atomic E-state index is 13.1. The fourth-order valence-electron chi connectivity index (χ4n) is 3.69. The van der Waals surface area contributed by atoms with E-state index in [4.69, 9.17) is 14.5 Å². The molecule has 0 amide bonds. The van der Waals surface area contributed by atoms with E-state index in [-0.39, 0.29) is 5.82 Å². The summed E-state index contributed by atoms with van der Waals surface area (Å²) in [5.41, 5.74) is 5.55.